The van der Waals surface area contributed by atoms with Gasteiger partial charge in [-0.15, -0.1) is 0 Å². The van der Waals surface area contributed by atoms with E-state index in [2.05, 4.69) is 15.9 Å². The van der Waals surface area contributed by atoms with Gasteiger partial charge in [-0.25, -0.2) is 0 Å². The van der Waals surface area contributed by atoms with Crippen LogP contribution in [0.4, 0.5) is 4.39 Å². The molecule has 0 atom stereocenters. The van der Waals surface area contributed by atoms with Crippen LogP contribution in [-0.4, -0.2) is 13.7 Å². The minimum atomic E-state index is -0.463. The lowest BCUT2D eigenvalue weighted by Crippen LogP contribution is -1.99. The molecule has 0 saturated heterocycles. The number of rotatable bonds is 4. The Morgan fingerprint density at radius 1 is 1.43 bits per heavy atom. The maximum absolute atomic E-state index is 13.6. The first-order chi connectivity index (χ1) is 6.70. The Labute approximate surface area is 91.2 Å². The summed E-state index contributed by atoms with van der Waals surface area (Å²) in [5, 5.41) is 0. The normalized spacial score (nSPS) is 10.0. The van der Waals surface area contributed by atoms with Crippen LogP contribution in [0.15, 0.2) is 16.6 Å². The first-order valence-electron chi connectivity index (χ1n) is 4.35. The maximum atomic E-state index is 13.6. The van der Waals surface area contributed by atoms with Gasteiger partial charge in [-0.3, -0.25) is 0 Å². The molecule has 0 aliphatic carbocycles. The van der Waals surface area contributed by atoms with Crippen molar-refractivity contribution in [3.05, 3.63) is 22.4 Å². The molecule has 1 aromatic rings. The third-order valence-corrected chi connectivity index (χ3v) is 2.30. The molecule has 0 aliphatic heterocycles. The molecular formula is C10H12BrFO2. The summed E-state index contributed by atoms with van der Waals surface area (Å²) < 4.78 is 24.3. The molecule has 1 rings (SSSR count). The Balaban J connectivity index is 2.96. The molecule has 0 amide bonds. The van der Waals surface area contributed by atoms with E-state index >= 15 is 0 Å². The van der Waals surface area contributed by atoms with E-state index in [4.69, 9.17) is 9.47 Å². The molecule has 2 nitrogen and oxygen atoms in total. The molecule has 0 N–H and O–H groups in total. The van der Waals surface area contributed by atoms with E-state index in [1.807, 2.05) is 6.92 Å². The van der Waals surface area contributed by atoms with Crippen molar-refractivity contribution in [3.63, 3.8) is 0 Å². The van der Waals surface area contributed by atoms with Gasteiger partial charge in [0.25, 0.3) is 0 Å². The van der Waals surface area contributed by atoms with Gasteiger partial charge in [0.15, 0.2) is 11.5 Å². The van der Waals surface area contributed by atoms with Crippen molar-refractivity contribution in [2.24, 2.45) is 0 Å². The molecule has 0 bridgehead atoms. The number of hydrogen-bond acceptors (Lipinski definition) is 2. The Kier molecular flexibility index (Phi) is 4.20. The molecule has 78 valence electrons. The predicted molar refractivity (Wildman–Crippen MR) is 56.4 cm³/mol. The Bertz CT molecular complexity index is 315. The SMILES string of the molecule is CCCOc1ccc(Br)c(OC)c1F. The standard InChI is InChI=1S/C10H12BrFO2/c1-3-6-14-8-5-4-7(11)10(13-2)9(8)12/h4-5H,3,6H2,1-2H3. The fourth-order valence-electron chi connectivity index (χ4n) is 1.03. The summed E-state index contributed by atoms with van der Waals surface area (Å²) in [5.41, 5.74) is 0. The Morgan fingerprint density at radius 2 is 2.14 bits per heavy atom. The summed E-state index contributed by atoms with van der Waals surface area (Å²) in [7, 11) is 1.42. The van der Waals surface area contributed by atoms with Gasteiger partial charge in [-0.05, 0) is 34.5 Å². The second-order valence-corrected chi connectivity index (χ2v) is 3.60. The highest BCUT2D eigenvalue weighted by Crippen LogP contribution is 2.33. The first kappa shape index (κ1) is 11.3. The molecule has 14 heavy (non-hydrogen) atoms. The van der Waals surface area contributed by atoms with Gasteiger partial charge in [0.2, 0.25) is 5.82 Å². The van der Waals surface area contributed by atoms with E-state index in [0.29, 0.717) is 11.1 Å². The maximum Gasteiger partial charge on any atom is 0.207 e. The van der Waals surface area contributed by atoms with Crippen molar-refractivity contribution < 1.29 is 13.9 Å². The topological polar surface area (TPSA) is 18.5 Å². The van der Waals surface area contributed by atoms with Crippen LogP contribution in [0.3, 0.4) is 0 Å². The van der Waals surface area contributed by atoms with Crippen molar-refractivity contribution in [2.45, 2.75) is 13.3 Å². The zero-order valence-corrected chi connectivity index (χ0v) is 9.73. The molecule has 0 radical (unpaired) electrons. The number of ether oxygens (including phenoxy) is 2. The molecule has 0 unspecified atom stereocenters. The van der Waals surface area contributed by atoms with Crippen molar-refractivity contribution in [1.82, 2.24) is 0 Å². The highest BCUT2D eigenvalue weighted by atomic mass is 79.9. The lowest BCUT2D eigenvalue weighted by atomic mass is 10.3. The quantitative estimate of drug-likeness (QED) is 0.829. The molecule has 0 fully saturated rings. The Hall–Kier alpha value is -0.770. The van der Waals surface area contributed by atoms with Gasteiger partial charge in [0.1, 0.15) is 0 Å². The smallest absolute Gasteiger partial charge is 0.207 e. The highest BCUT2D eigenvalue weighted by molar-refractivity contribution is 9.10. The zero-order valence-electron chi connectivity index (χ0n) is 8.14. The molecule has 0 heterocycles. The van der Waals surface area contributed by atoms with Crippen molar-refractivity contribution >= 4 is 15.9 Å². The minimum absolute atomic E-state index is 0.179. The van der Waals surface area contributed by atoms with Crippen molar-refractivity contribution in [3.8, 4) is 11.5 Å². The van der Waals surface area contributed by atoms with Gasteiger partial charge < -0.3 is 9.47 Å². The van der Waals surface area contributed by atoms with Crippen molar-refractivity contribution in [1.29, 1.82) is 0 Å². The zero-order chi connectivity index (χ0) is 10.6. The second-order valence-electron chi connectivity index (χ2n) is 2.74. The van der Waals surface area contributed by atoms with E-state index in [1.54, 1.807) is 12.1 Å². The average molecular weight is 263 g/mol. The summed E-state index contributed by atoms with van der Waals surface area (Å²) in [6.45, 7) is 2.47. The summed E-state index contributed by atoms with van der Waals surface area (Å²) in [4.78, 5) is 0. The van der Waals surface area contributed by atoms with Gasteiger partial charge in [-0.2, -0.15) is 4.39 Å². The third-order valence-electron chi connectivity index (χ3n) is 1.68. The van der Waals surface area contributed by atoms with Gasteiger partial charge >= 0.3 is 0 Å². The summed E-state index contributed by atoms with van der Waals surface area (Å²) in [6.07, 6.45) is 0.845. The van der Waals surface area contributed by atoms with Crippen LogP contribution in [0.2, 0.25) is 0 Å². The van der Waals surface area contributed by atoms with E-state index in [0.717, 1.165) is 6.42 Å². The lowest BCUT2D eigenvalue weighted by molar-refractivity contribution is 0.292. The number of halogens is 2. The first-order valence-corrected chi connectivity index (χ1v) is 5.14. The van der Waals surface area contributed by atoms with Crippen LogP contribution in [-0.2, 0) is 0 Å². The summed E-state index contributed by atoms with van der Waals surface area (Å²) >= 11 is 3.19. The number of methoxy groups -OCH3 is 1. The molecule has 0 aromatic heterocycles. The van der Waals surface area contributed by atoms with Crippen LogP contribution in [0.25, 0.3) is 0 Å². The molecule has 1 aromatic carbocycles. The monoisotopic (exact) mass is 262 g/mol. The fraction of sp³-hybridized carbons (Fsp3) is 0.400. The van der Waals surface area contributed by atoms with Crippen LogP contribution in [0, 0.1) is 5.82 Å². The van der Waals surface area contributed by atoms with Gasteiger partial charge in [0.05, 0.1) is 18.2 Å². The molecule has 0 saturated carbocycles. The average Bonchev–Trinajstić information content (AvgIpc) is 2.18. The van der Waals surface area contributed by atoms with Crippen LogP contribution >= 0.6 is 15.9 Å². The highest BCUT2D eigenvalue weighted by Gasteiger charge is 2.13. The predicted octanol–water partition coefficient (Wildman–Crippen LogP) is 3.39. The molecule has 0 spiro atoms. The van der Waals surface area contributed by atoms with E-state index < -0.39 is 5.82 Å². The van der Waals surface area contributed by atoms with Crippen LogP contribution in [0.1, 0.15) is 13.3 Å². The van der Waals surface area contributed by atoms with E-state index in [9.17, 15) is 4.39 Å². The van der Waals surface area contributed by atoms with Crippen LogP contribution in [0.5, 0.6) is 11.5 Å². The summed E-state index contributed by atoms with van der Waals surface area (Å²) in [5.74, 6) is -0.0548. The van der Waals surface area contributed by atoms with E-state index in [-0.39, 0.29) is 11.5 Å². The van der Waals surface area contributed by atoms with Crippen molar-refractivity contribution in [2.75, 3.05) is 13.7 Å². The summed E-state index contributed by atoms with van der Waals surface area (Å²) in [6, 6.07) is 3.28. The molecule has 4 heteroatoms. The van der Waals surface area contributed by atoms with Gasteiger partial charge in [0, 0.05) is 0 Å². The van der Waals surface area contributed by atoms with E-state index in [1.165, 1.54) is 7.11 Å². The molecule has 0 aliphatic rings. The number of hydrogen-bond donors (Lipinski definition) is 0. The lowest BCUT2D eigenvalue weighted by Gasteiger charge is -2.10. The third kappa shape index (κ3) is 2.38. The minimum Gasteiger partial charge on any atom is -0.492 e. The second kappa shape index (κ2) is 5.20. The van der Waals surface area contributed by atoms with Gasteiger partial charge in [-0.1, -0.05) is 6.92 Å². The fourth-order valence-corrected chi connectivity index (χ4v) is 1.49. The molecular weight excluding hydrogens is 251 g/mol. The van der Waals surface area contributed by atoms with Crippen LogP contribution < -0.4 is 9.47 Å². The largest absolute Gasteiger partial charge is 0.492 e. The number of benzene rings is 1. The Morgan fingerprint density at radius 3 is 2.71 bits per heavy atom.